The van der Waals surface area contributed by atoms with Gasteiger partial charge in [0.1, 0.15) is 11.9 Å². The summed E-state index contributed by atoms with van der Waals surface area (Å²) in [5.41, 5.74) is 0.202. The molecule has 0 aliphatic heterocycles. The van der Waals surface area contributed by atoms with Crippen LogP contribution in [0.5, 0.6) is 0 Å². The molecule has 1 unspecified atom stereocenters. The molecule has 2 aromatic rings. The number of nitrogens with one attached hydrogen (secondary N) is 1. The number of benzene rings is 1. The molecule has 0 radical (unpaired) electrons. The van der Waals surface area contributed by atoms with Crippen molar-refractivity contribution in [2.24, 2.45) is 0 Å². The Balaban J connectivity index is 2.09. The Morgan fingerprint density at radius 3 is 2.24 bits per heavy atom. The number of alkyl halides is 3. The molecule has 1 aromatic carbocycles. The van der Waals surface area contributed by atoms with Crippen LogP contribution in [0.1, 0.15) is 29.8 Å². The second-order valence-corrected chi connectivity index (χ2v) is 4.40. The Bertz CT molecular complexity index is 642. The predicted molar refractivity (Wildman–Crippen MR) is 70.2 cm³/mol. The molecule has 0 bridgehead atoms. The Morgan fingerprint density at radius 1 is 1.10 bits per heavy atom. The predicted octanol–water partition coefficient (Wildman–Crippen LogP) is 3.54. The molecule has 1 aromatic heterocycles. The van der Waals surface area contributed by atoms with Gasteiger partial charge in [-0.3, -0.25) is 0 Å². The molecule has 0 amide bonds. The van der Waals surface area contributed by atoms with Gasteiger partial charge >= 0.3 is 6.18 Å². The summed E-state index contributed by atoms with van der Waals surface area (Å²) in [6.45, 7) is 1.79. The molecule has 21 heavy (non-hydrogen) atoms. The SMILES string of the molecule is CC(Nc1ccc(C#N)nn1)c1ccc(C(F)(F)F)cc1. The highest BCUT2D eigenvalue weighted by molar-refractivity contribution is 5.39. The number of halogens is 3. The summed E-state index contributed by atoms with van der Waals surface area (Å²) in [4.78, 5) is 0. The van der Waals surface area contributed by atoms with Crippen molar-refractivity contribution < 1.29 is 13.2 Å². The van der Waals surface area contributed by atoms with E-state index >= 15 is 0 Å². The van der Waals surface area contributed by atoms with E-state index < -0.39 is 11.7 Å². The summed E-state index contributed by atoms with van der Waals surface area (Å²) in [6, 6.07) is 9.62. The molecule has 1 atom stereocenters. The maximum absolute atomic E-state index is 12.5. The first-order chi connectivity index (χ1) is 9.90. The highest BCUT2D eigenvalue weighted by atomic mass is 19.4. The van der Waals surface area contributed by atoms with Crippen LogP contribution in [0.15, 0.2) is 36.4 Å². The van der Waals surface area contributed by atoms with Crippen molar-refractivity contribution in [3.63, 3.8) is 0 Å². The summed E-state index contributed by atoms with van der Waals surface area (Å²) < 4.78 is 37.4. The summed E-state index contributed by atoms with van der Waals surface area (Å²) in [5, 5.41) is 19.1. The molecule has 4 nitrogen and oxygen atoms in total. The zero-order valence-corrected chi connectivity index (χ0v) is 11.0. The van der Waals surface area contributed by atoms with E-state index in [4.69, 9.17) is 5.26 Å². The van der Waals surface area contributed by atoms with Crippen molar-refractivity contribution in [3.05, 3.63) is 53.2 Å². The smallest absolute Gasteiger partial charge is 0.362 e. The molecule has 1 N–H and O–H groups in total. The Labute approximate surface area is 119 Å². The van der Waals surface area contributed by atoms with Crippen molar-refractivity contribution in [3.8, 4) is 6.07 Å². The fraction of sp³-hybridized carbons (Fsp3) is 0.214. The topological polar surface area (TPSA) is 61.6 Å². The maximum atomic E-state index is 12.5. The monoisotopic (exact) mass is 292 g/mol. The number of rotatable bonds is 3. The number of anilines is 1. The van der Waals surface area contributed by atoms with Crippen LogP contribution in [0.4, 0.5) is 19.0 Å². The van der Waals surface area contributed by atoms with Crippen LogP contribution in [0.2, 0.25) is 0 Å². The van der Waals surface area contributed by atoms with E-state index in [0.29, 0.717) is 11.4 Å². The third-order valence-corrected chi connectivity index (χ3v) is 2.88. The minimum absolute atomic E-state index is 0.197. The molecular formula is C14H11F3N4. The molecule has 7 heteroatoms. The van der Waals surface area contributed by atoms with Gasteiger partial charge in [0.05, 0.1) is 5.56 Å². The fourth-order valence-electron chi connectivity index (χ4n) is 1.73. The molecule has 0 saturated heterocycles. The summed E-state index contributed by atoms with van der Waals surface area (Å²) in [5.74, 6) is 0.446. The quantitative estimate of drug-likeness (QED) is 0.940. The number of aromatic nitrogens is 2. The minimum atomic E-state index is -4.34. The average molecular weight is 292 g/mol. The zero-order valence-electron chi connectivity index (χ0n) is 11.0. The Kier molecular flexibility index (Phi) is 4.08. The van der Waals surface area contributed by atoms with Gasteiger partial charge in [0, 0.05) is 6.04 Å². The van der Waals surface area contributed by atoms with Crippen molar-refractivity contribution in [2.45, 2.75) is 19.1 Å². The van der Waals surface area contributed by atoms with Gasteiger partial charge in [-0.2, -0.15) is 18.4 Å². The highest BCUT2D eigenvalue weighted by Crippen LogP contribution is 2.30. The van der Waals surface area contributed by atoms with Crippen molar-refractivity contribution in [1.29, 1.82) is 5.26 Å². The van der Waals surface area contributed by atoms with Crippen molar-refractivity contribution in [1.82, 2.24) is 10.2 Å². The van der Waals surface area contributed by atoms with E-state index in [1.165, 1.54) is 18.2 Å². The van der Waals surface area contributed by atoms with Crippen LogP contribution in [0, 0.1) is 11.3 Å². The second-order valence-electron chi connectivity index (χ2n) is 4.40. The first-order valence-electron chi connectivity index (χ1n) is 6.07. The number of nitrogens with zero attached hydrogens (tertiary/aromatic N) is 3. The third kappa shape index (κ3) is 3.69. The van der Waals surface area contributed by atoms with Gasteiger partial charge in [-0.1, -0.05) is 12.1 Å². The summed E-state index contributed by atoms with van der Waals surface area (Å²) in [7, 11) is 0. The number of hydrogen-bond donors (Lipinski definition) is 1. The van der Waals surface area contributed by atoms with Crippen LogP contribution in [-0.2, 0) is 6.18 Å². The lowest BCUT2D eigenvalue weighted by Crippen LogP contribution is -2.10. The fourth-order valence-corrected chi connectivity index (χ4v) is 1.73. The van der Waals surface area contributed by atoms with Crippen LogP contribution in [0.25, 0.3) is 0 Å². The molecule has 0 aliphatic carbocycles. The standard InChI is InChI=1S/C14H11F3N4/c1-9(19-13-7-6-12(8-18)20-21-13)10-2-4-11(5-3-10)14(15,16)17/h2-7,9H,1H3,(H,19,21). The first-order valence-corrected chi connectivity index (χ1v) is 6.07. The van der Waals surface area contributed by atoms with Crippen LogP contribution in [0.3, 0.4) is 0 Å². The number of nitriles is 1. The molecule has 0 spiro atoms. The first kappa shape index (κ1) is 14.8. The number of hydrogen-bond acceptors (Lipinski definition) is 4. The van der Waals surface area contributed by atoms with Gasteiger partial charge in [-0.25, -0.2) is 0 Å². The lowest BCUT2D eigenvalue weighted by Gasteiger charge is -2.15. The van der Waals surface area contributed by atoms with Crippen LogP contribution >= 0.6 is 0 Å². The molecule has 0 saturated carbocycles. The van der Waals surface area contributed by atoms with Gasteiger partial charge in [0.15, 0.2) is 5.69 Å². The Morgan fingerprint density at radius 2 is 1.76 bits per heavy atom. The molecule has 0 aliphatic rings. The molecule has 0 fully saturated rings. The van der Waals surface area contributed by atoms with E-state index in [0.717, 1.165) is 12.1 Å². The lowest BCUT2D eigenvalue weighted by molar-refractivity contribution is -0.137. The van der Waals surface area contributed by atoms with Gasteiger partial charge < -0.3 is 5.32 Å². The Hall–Kier alpha value is -2.62. The molecule has 108 valence electrons. The van der Waals surface area contributed by atoms with E-state index in [-0.39, 0.29) is 11.7 Å². The zero-order chi connectivity index (χ0) is 15.5. The lowest BCUT2D eigenvalue weighted by atomic mass is 10.1. The van der Waals surface area contributed by atoms with Gasteiger partial charge in [0.2, 0.25) is 0 Å². The van der Waals surface area contributed by atoms with Crippen molar-refractivity contribution in [2.75, 3.05) is 5.32 Å². The third-order valence-electron chi connectivity index (χ3n) is 2.88. The van der Waals surface area contributed by atoms with E-state index in [1.54, 1.807) is 13.0 Å². The van der Waals surface area contributed by atoms with Crippen LogP contribution < -0.4 is 5.32 Å². The van der Waals surface area contributed by atoms with E-state index in [1.807, 2.05) is 6.07 Å². The van der Waals surface area contributed by atoms with Crippen LogP contribution in [-0.4, -0.2) is 10.2 Å². The average Bonchev–Trinajstić information content (AvgIpc) is 2.47. The normalized spacial score (nSPS) is 12.5. The minimum Gasteiger partial charge on any atom is -0.362 e. The molecule has 2 rings (SSSR count). The molecular weight excluding hydrogens is 281 g/mol. The van der Waals surface area contributed by atoms with Gasteiger partial charge in [-0.05, 0) is 36.8 Å². The largest absolute Gasteiger partial charge is 0.416 e. The van der Waals surface area contributed by atoms with Gasteiger partial charge in [-0.15, -0.1) is 10.2 Å². The van der Waals surface area contributed by atoms with E-state index in [2.05, 4.69) is 15.5 Å². The summed E-state index contributed by atoms with van der Waals surface area (Å²) in [6.07, 6.45) is -4.34. The maximum Gasteiger partial charge on any atom is 0.416 e. The second kappa shape index (κ2) is 5.79. The molecule has 1 heterocycles. The van der Waals surface area contributed by atoms with E-state index in [9.17, 15) is 13.2 Å². The van der Waals surface area contributed by atoms with Gasteiger partial charge in [0.25, 0.3) is 0 Å². The summed E-state index contributed by atoms with van der Waals surface area (Å²) >= 11 is 0. The highest BCUT2D eigenvalue weighted by Gasteiger charge is 2.30. The van der Waals surface area contributed by atoms with Crippen molar-refractivity contribution >= 4 is 5.82 Å².